The Kier molecular flexibility index (Phi) is 5.40. The fraction of sp³-hybridized carbons (Fsp3) is 0.625. The monoisotopic (exact) mass is 278 g/mol. The molecule has 2 N–H and O–H groups in total. The Morgan fingerprint density at radius 2 is 2.25 bits per heavy atom. The average molecular weight is 278 g/mol. The van der Waals surface area contributed by atoms with E-state index in [4.69, 9.17) is 15.2 Å². The first-order valence-electron chi connectivity index (χ1n) is 7.48. The molecule has 0 saturated carbocycles. The van der Waals surface area contributed by atoms with E-state index < -0.39 is 0 Å². The van der Waals surface area contributed by atoms with E-state index in [0.29, 0.717) is 6.54 Å². The number of nitrogens with two attached hydrogens (primary N) is 1. The van der Waals surface area contributed by atoms with Gasteiger partial charge in [0, 0.05) is 13.1 Å². The third-order valence-corrected chi connectivity index (χ3v) is 3.67. The van der Waals surface area contributed by atoms with Crippen molar-refractivity contribution in [3.8, 4) is 5.75 Å². The molecule has 4 nitrogen and oxygen atoms in total. The predicted octanol–water partition coefficient (Wildman–Crippen LogP) is 2.19. The molecule has 4 heteroatoms. The van der Waals surface area contributed by atoms with Crippen molar-refractivity contribution in [2.24, 2.45) is 5.73 Å². The van der Waals surface area contributed by atoms with E-state index in [9.17, 15) is 0 Å². The Balaban J connectivity index is 2.25. The molecule has 2 unspecified atom stereocenters. The maximum absolute atomic E-state index is 5.88. The minimum atomic E-state index is 0.0537. The highest BCUT2D eigenvalue weighted by Crippen LogP contribution is 2.31. The van der Waals surface area contributed by atoms with Crippen LogP contribution in [0.3, 0.4) is 0 Å². The van der Waals surface area contributed by atoms with Crippen LogP contribution in [0.5, 0.6) is 5.75 Å². The molecule has 1 aliphatic heterocycles. The molecule has 2 atom stereocenters. The van der Waals surface area contributed by atoms with Crippen molar-refractivity contribution in [3.05, 3.63) is 29.8 Å². The third-order valence-electron chi connectivity index (χ3n) is 3.67. The molecule has 0 aliphatic carbocycles. The fourth-order valence-electron chi connectivity index (χ4n) is 2.81. The SMILES string of the molecule is CCN1CCOC(CN)C1c1cccc(OC(C)C)c1. The molecular formula is C16H26N2O2. The second-order valence-electron chi connectivity index (χ2n) is 5.46. The van der Waals surface area contributed by atoms with E-state index in [1.54, 1.807) is 0 Å². The van der Waals surface area contributed by atoms with Crippen LogP contribution >= 0.6 is 0 Å². The second kappa shape index (κ2) is 7.07. The van der Waals surface area contributed by atoms with E-state index in [2.05, 4.69) is 24.0 Å². The zero-order chi connectivity index (χ0) is 14.5. The first-order valence-corrected chi connectivity index (χ1v) is 7.48. The Labute approximate surface area is 121 Å². The van der Waals surface area contributed by atoms with Gasteiger partial charge in [0.2, 0.25) is 0 Å². The highest BCUT2D eigenvalue weighted by molar-refractivity contribution is 5.31. The van der Waals surface area contributed by atoms with Crippen LogP contribution in [-0.4, -0.2) is 43.3 Å². The van der Waals surface area contributed by atoms with Crippen LogP contribution in [0.4, 0.5) is 0 Å². The summed E-state index contributed by atoms with van der Waals surface area (Å²) in [6.07, 6.45) is 0.235. The van der Waals surface area contributed by atoms with E-state index in [-0.39, 0.29) is 18.2 Å². The molecule has 0 spiro atoms. The van der Waals surface area contributed by atoms with Gasteiger partial charge in [-0.25, -0.2) is 0 Å². The minimum absolute atomic E-state index is 0.0537. The lowest BCUT2D eigenvalue weighted by molar-refractivity contribution is -0.0658. The van der Waals surface area contributed by atoms with Crippen molar-refractivity contribution < 1.29 is 9.47 Å². The lowest BCUT2D eigenvalue weighted by atomic mass is 9.97. The van der Waals surface area contributed by atoms with Gasteiger partial charge in [-0.15, -0.1) is 0 Å². The Morgan fingerprint density at radius 3 is 2.90 bits per heavy atom. The molecule has 0 radical (unpaired) electrons. The van der Waals surface area contributed by atoms with Crippen molar-refractivity contribution in [1.82, 2.24) is 4.90 Å². The fourth-order valence-corrected chi connectivity index (χ4v) is 2.81. The van der Waals surface area contributed by atoms with Crippen LogP contribution in [0.25, 0.3) is 0 Å². The molecular weight excluding hydrogens is 252 g/mol. The second-order valence-corrected chi connectivity index (χ2v) is 5.46. The maximum Gasteiger partial charge on any atom is 0.120 e. The summed E-state index contributed by atoms with van der Waals surface area (Å²) in [5.41, 5.74) is 7.11. The van der Waals surface area contributed by atoms with Gasteiger partial charge in [0.25, 0.3) is 0 Å². The lowest BCUT2D eigenvalue weighted by Gasteiger charge is -2.40. The number of nitrogens with zero attached hydrogens (tertiary/aromatic N) is 1. The van der Waals surface area contributed by atoms with Crippen molar-refractivity contribution >= 4 is 0 Å². The van der Waals surface area contributed by atoms with Crippen molar-refractivity contribution in [2.45, 2.75) is 39.0 Å². The number of hydrogen-bond donors (Lipinski definition) is 1. The minimum Gasteiger partial charge on any atom is -0.491 e. The van der Waals surface area contributed by atoms with E-state index in [1.165, 1.54) is 5.56 Å². The van der Waals surface area contributed by atoms with Gasteiger partial charge in [-0.3, -0.25) is 4.90 Å². The normalized spacial score (nSPS) is 24.1. The first kappa shape index (κ1) is 15.3. The van der Waals surface area contributed by atoms with Gasteiger partial charge in [0.15, 0.2) is 0 Å². The van der Waals surface area contributed by atoms with E-state index in [0.717, 1.165) is 25.4 Å². The van der Waals surface area contributed by atoms with Crippen LogP contribution < -0.4 is 10.5 Å². The summed E-state index contributed by atoms with van der Waals surface area (Å²) in [5, 5.41) is 0. The standard InChI is InChI=1S/C16H26N2O2/c1-4-18-8-9-19-15(11-17)16(18)13-6-5-7-14(10-13)20-12(2)3/h5-7,10,12,15-16H,4,8-9,11,17H2,1-3H3. The van der Waals surface area contributed by atoms with E-state index >= 15 is 0 Å². The van der Waals surface area contributed by atoms with Gasteiger partial charge in [-0.05, 0) is 38.1 Å². The highest BCUT2D eigenvalue weighted by Gasteiger charge is 2.31. The predicted molar refractivity (Wildman–Crippen MR) is 81.0 cm³/mol. The molecule has 2 rings (SSSR count). The summed E-state index contributed by atoms with van der Waals surface area (Å²) in [6, 6.07) is 8.52. The smallest absolute Gasteiger partial charge is 0.120 e. The molecule has 1 aromatic rings. The lowest BCUT2D eigenvalue weighted by Crippen LogP contribution is -2.48. The number of hydrogen-bond acceptors (Lipinski definition) is 4. The topological polar surface area (TPSA) is 47.7 Å². The first-order chi connectivity index (χ1) is 9.65. The van der Waals surface area contributed by atoms with Crippen molar-refractivity contribution in [2.75, 3.05) is 26.2 Å². The average Bonchev–Trinajstić information content (AvgIpc) is 2.45. The Bertz CT molecular complexity index is 411. The van der Waals surface area contributed by atoms with Crippen LogP contribution in [0.1, 0.15) is 32.4 Å². The summed E-state index contributed by atoms with van der Waals surface area (Å²) in [4.78, 5) is 2.43. The van der Waals surface area contributed by atoms with Gasteiger partial charge in [-0.2, -0.15) is 0 Å². The molecule has 1 fully saturated rings. The van der Waals surface area contributed by atoms with Gasteiger partial charge in [0.05, 0.1) is 24.9 Å². The summed E-state index contributed by atoms with van der Waals surface area (Å²) >= 11 is 0. The molecule has 1 aromatic carbocycles. The molecule has 112 valence electrons. The third kappa shape index (κ3) is 3.51. The Morgan fingerprint density at radius 1 is 1.45 bits per heavy atom. The van der Waals surface area contributed by atoms with Crippen LogP contribution in [0.2, 0.25) is 0 Å². The Hall–Kier alpha value is -1.10. The molecule has 1 heterocycles. The summed E-state index contributed by atoms with van der Waals surface area (Å²) in [5.74, 6) is 0.912. The number of ether oxygens (including phenoxy) is 2. The number of rotatable bonds is 5. The highest BCUT2D eigenvalue weighted by atomic mass is 16.5. The molecule has 0 aromatic heterocycles. The van der Waals surface area contributed by atoms with Crippen molar-refractivity contribution in [3.63, 3.8) is 0 Å². The maximum atomic E-state index is 5.88. The van der Waals surface area contributed by atoms with Gasteiger partial charge < -0.3 is 15.2 Å². The van der Waals surface area contributed by atoms with Crippen molar-refractivity contribution in [1.29, 1.82) is 0 Å². The molecule has 20 heavy (non-hydrogen) atoms. The number of benzene rings is 1. The largest absolute Gasteiger partial charge is 0.491 e. The summed E-state index contributed by atoms with van der Waals surface area (Å²) in [7, 11) is 0. The van der Waals surface area contributed by atoms with Gasteiger partial charge >= 0.3 is 0 Å². The quantitative estimate of drug-likeness (QED) is 0.897. The summed E-state index contributed by atoms with van der Waals surface area (Å²) in [6.45, 7) is 9.51. The summed E-state index contributed by atoms with van der Waals surface area (Å²) < 4.78 is 11.6. The van der Waals surface area contributed by atoms with Crippen LogP contribution in [-0.2, 0) is 4.74 Å². The zero-order valence-electron chi connectivity index (χ0n) is 12.7. The zero-order valence-corrected chi connectivity index (χ0v) is 12.7. The number of likely N-dealkylation sites (N-methyl/N-ethyl adjacent to an activating group) is 1. The van der Waals surface area contributed by atoms with E-state index in [1.807, 2.05) is 26.0 Å². The molecule has 0 amide bonds. The van der Waals surface area contributed by atoms with Gasteiger partial charge in [0.1, 0.15) is 5.75 Å². The number of morpholine rings is 1. The molecule has 1 saturated heterocycles. The van der Waals surface area contributed by atoms with Gasteiger partial charge in [-0.1, -0.05) is 19.1 Å². The molecule has 1 aliphatic rings. The molecule has 0 bridgehead atoms. The van der Waals surface area contributed by atoms with Crippen LogP contribution in [0, 0.1) is 0 Å². The van der Waals surface area contributed by atoms with Crippen LogP contribution in [0.15, 0.2) is 24.3 Å².